The Kier molecular flexibility index (Phi) is 5.18. The number of carboxylic acid groups (broad SMARTS) is 1. The molecule has 0 fully saturated rings. The minimum Gasteiger partial charge on any atom is -0.505 e. The lowest BCUT2D eigenvalue weighted by Crippen LogP contribution is -2.32. The summed E-state index contributed by atoms with van der Waals surface area (Å²) in [6.07, 6.45) is 2.36. The number of amides is 1. The van der Waals surface area contributed by atoms with E-state index in [1.807, 2.05) is 0 Å². The highest BCUT2D eigenvalue weighted by molar-refractivity contribution is 5.97. The second-order valence-electron chi connectivity index (χ2n) is 3.90. The van der Waals surface area contributed by atoms with E-state index in [0.29, 0.717) is 0 Å². The lowest BCUT2D eigenvalue weighted by Gasteiger charge is -2.10. The van der Waals surface area contributed by atoms with Crippen molar-refractivity contribution in [2.24, 2.45) is 5.73 Å². The van der Waals surface area contributed by atoms with E-state index in [-0.39, 0.29) is 29.1 Å². The van der Waals surface area contributed by atoms with Crippen molar-refractivity contribution in [2.75, 3.05) is 6.54 Å². The monoisotopic (exact) mass is 281 g/mol. The zero-order valence-corrected chi connectivity index (χ0v) is 10.8. The van der Waals surface area contributed by atoms with Gasteiger partial charge in [0.1, 0.15) is 11.4 Å². The molecular formula is C12H15N3O5. The number of pyridine rings is 1. The van der Waals surface area contributed by atoms with Gasteiger partial charge < -0.3 is 26.4 Å². The summed E-state index contributed by atoms with van der Waals surface area (Å²) in [5, 5.41) is 30.2. The molecule has 1 aromatic rings. The SMILES string of the molecule is Cc1ncc(CO)c(/C=C(/NC(=O)CN)C(=O)O)c1O. The zero-order chi connectivity index (χ0) is 15.3. The van der Waals surface area contributed by atoms with Crippen molar-refractivity contribution in [2.45, 2.75) is 13.5 Å². The molecule has 0 saturated heterocycles. The number of carboxylic acids is 1. The van der Waals surface area contributed by atoms with Crippen molar-refractivity contribution >= 4 is 18.0 Å². The van der Waals surface area contributed by atoms with Gasteiger partial charge in [0.25, 0.3) is 0 Å². The minimum atomic E-state index is -1.40. The van der Waals surface area contributed by atoms with Gasteiger partial charge in [0.15, 0.2) is 0 Å². The van der Waals surface area contributed by atoms with Crippen LogP contribution in [0.1, 0.15) is 16.8 Å². The predicted molar refractivity (Wildman–Crippen MR) is 69.4 cm³/mol. The molecule has 0 bridgehead atoms. The van der Waals surface area contributed by atoms with Crippen LogP contribution in [0.5, 0.6) is 5.75 Å². The van der Waals surface area contributed by atoms with Crippen LogP contribution in [0.2, 0.25) is 0 Å². The van der Waals surface area contributed by atoms with Gasteiger partial charge in [-0.25, -0.2) is 4.79 Å². The number of nitrogens with one attached hydrogen (secondary N) is 1. The number of aliphatic hydroxyl groups excluding tert-OH is 1. The van der Waals surface area contributed by atoms with Gasteiger partial charge in [-0.3, -0.25) is 9.78 Å². The lowest BCUT2D eigenvalue weighted by atomic mass is 10.1. The second-order valence-corrected chi connectivity index (χ2v) is 3.90. The summed E-state index contributed by atoms with van der Waals surface area (Å²) < 4.78 is 0. The number of nitrogens with two attached hydrogens (primary N) is 1. The second kappa shape index (κ2) is 6.64. The summed E-state index contributed by atoms with van der Waals surface area (Å²) in [4.78, 5) is 26.1. The molecule has 8 nitrogen and oxygen atoms in total. The van der Waals surface area contributed by atoms with Crippen molar-refractivity contribution in [3.63, 3.8) is 0 Å². The van der Waals surface area contributed by atoms with Gasteiger partial charge >= 0.3 is 5.97 Å². The summed E-state index contributed by atoms with van der Waals surface area (Å²) in [5.41, 5.74) is 5.21. The Morgan fingerprint density at radius 2 is 2.15 bits per heavy atom. The summed E-state index contributed by atoms with van der Waals surface area (Å²) in [6, 6.07) is 0. The fourth-order valence-electron chi connectivity index (χ4n) is 1.44. The summed E-state index contributed by atoms with van der Waals surface area (Å²) >= 11 is 0. The first kappa shape index (κ1) is 15.6. The third-order valence-corrected chi connectivity index (χ3v) is 2.51. The maximum atomic E-state index is 11.2. The number of nitrogens with zero attached hydrogens (tertiary/aromatic N) is 1. The average Bonchev–Trinajstić information content (AvgIpc) is 2.42. The maximum Gasteiger partial charge on any atom is 0.352 e. The molecule has 0 aliphatic rings. The molecule has 0 radical (unpaired) electrons. The average molecular weight is 281 g/mol. The van der Waals surface area contributed by atoms with E-state index >= 15 is 0 Å². The van der Waals surface area contributed by atoms with Gasteiger partial charge in [-0.1, -0.05) is 0 Å². The highest BCUT2D eigenvalue weighted by atomic mass is 16.4. The van der Waals surface area contributed by atoms with Gasteiger partial charge in [-0.2, -0.15) is 0 Å². The molecular weight excluding hydrogens is 266 g/mol. The molecule has 0 aromatic carbocycles. The van der Waals surface area contributed by atoms with Crippen molar-refractivity contribution in [1.29, 1.82) is 0 Å². The number of aromatic nitrogens is 1. The lowest BCUT2D eigenvalue weighted by molar-refractivity contribution is -0.134. The number of carbonyl (C=O) groups is 2. The Morgan fingerprint density at radius 1 is 1.50 bits per heavy atom. The van der Waals surface area contributed by atoms with Gasteiger partial charge in [0, 0.05) is 17.3 Å². The smallest absolute Gasteiger partial charge is 0.352 e. The topological polar surface area (TPSA) is 146 Å². The third kappa shape index (κ3) is 3.53. The minimum absolute atomic E-state index is 0.0784. The molecule has 0 atom stereocenters. The van der Waals surface area contributed by atoms with Crippen molar-refractivity contribution in [3.05, 3.63) is 28.7 Å². The third-order valence-electron chi connectivity index (χ3n) is 2.51. The van der Waals surface area contributed by atoms with Crippen LogP contribution in [0.15, 0.2) is 11.9 Å². The first-order valence-electron chi connectivity index (χ1n) is 5.63. The van der Waals surface area contributed by atoms with E-state index in [0.717, 1.165) is 6.08 Å². The number of rotatable bonds is 5. The summed E-state index contributed by atoms with van der Waals surface area (Å²) in [5.74, 6) is -2.35. The van der Waals surface area contributed by atoms with E-state index in [9.17, 15) is 19.8 Å². The Balaban J connectivity index is 3.33. The first-order valence-corrected chi connectivity index (χ1v) is 5.63. The van der Waals surface area contributed by atoms with Gasteiger partial charge in [-0.15, -0.1) is 0 Å². The number of hydrogen-bond donors (Lipinski definition) is 5. The molecule has 6 N–H and O–H groups in total. The van der Waals surface area contributed by atoms with Crippen LogP contribution in [0.3, 0.4) is 0 Å². The van der Waals surface area contributed by atoms with Crippen LogP contribution in [0.4, 0.5) is 0 Å². The molecule has 0 aliphatic carbocycles. The predicted octanol–water partition coefficient (Wildman–Crippen LogP) is -0.912. The molecule has 1 heterocycles. The molecule has 1 amide bonds. The number of carbonyl (C=O) groups excluding carboxylic acids is 1. The van der Waals surface area contributed by atoms with E-state index in [2.05, 4.69) is 10.3 Å². The van der Waals surface area contributed by atoms with Crippen molar-refractivity contribution in [3.8, 4) is 5.75 Å². The van der Waals surface area contributed by atoms with Crippen molar-refractivity contribution < 1.29 is 24.9 Å². The normalized spacial score (nSPS) is 11.2. The Morgan fingerprint density at radius 3 is 2.65 bits per heavy atom. The number of hydrogen-bond acceptors (Lipinski definition) is 6. The van der Waals surface area contributed by atoms with Crippen LogP contribution in [0, 0.1) is 6.92 Å². The number of aromatic hydroxyl groups is 1. The highest BCUT2D eigenvalue weighted by Crippen LogP contribution is 2.26. The molecule has 1 rings (SSSR count). The van der Waals surface area contributed by atoms with Crippen LogP contribution in [0.25, 0.3) is 6.08 Å². The Hall–Kier alpha value is -2.45. The van der Waals surface area contributed by atoms with Crippen LogP contribution in [-0.2, 0) is 16.2 Å². The molecule has 20 heavy (non-hydrogen) atoms. The number of aliphatic hydroxyl groups is 1. The van der Waals surface area contributed by atoms with E-state index in [1.165, 1.54) is 13.1 Å². The van der Waals surface area contributed by atoms with Gasteiger partial charge in [-0.05, 0) is 13.0 Å². The molecule has 8 heteroatoms. The Bertz CT molecular complexity index is 568. The first-order chi connectivity index (χ1) is 9.40. The molecule has 0 spiro atoms. The van der Waals surface area contributed by atoms with Crippen LogP contribution < -0.4 is 11.1 Å². The van der Waals surface area contributed by atoms with Gasteiger partial charge in [0.05, 0.1) is 18.8 Å². The Labute approximate surface area is 114 Å². The zero-order valence-electron chi connectivity index (χ0n) is 10.8. The quantitative estimate of drug-likeness (QED) is 0.439. The summed E-state index contributed by atoms with van der Waals surface area (Å²) in [6.45, 7) is 0.704. The van der Waals surface area contributed by atoms with E-state index < -0.39 is 24.2 Å². The standard InChI is InChI=1S/C12H15N3O5/c1-6-11(18)8(7(5-16)4-14-6)2-9(12(19)20)15-10(17)3-13/h2,4,16,18H,3,5,13H2,1H3,(H,15,17)(H,19,20)/b9-2+. The fourth-order valence-corrected chi connectivity index (χ4v) is 1.44. The highest BCUT2D eigenvalue weighted by Gasteiger charge is 2.15. The summed E-state index contributed by atoms with van der Waals surface area (Å²) in [7, 11) is 0. The molecule has 0 saturated carbocycles. The van der Waals surface area contributed by atoms with Crippen LogP contribution in [-0.4, -0.2) is 38.7 Å². The fraction of sp³-hybridized carbons (Fsp3) is 0.250. The van der Waals surface area contributed by atoms with Crippen molar-refractivity contribution in [1.82, 2.24) is 10.3 Å². The van der Waals surface area contributed by atoms with E-state index in [1.54, 1.807) is 0 Å². The molecule has 1 aromatic heterocycles. The number of aliphatic carboxylic acids is 1. The van der Waals surface area contributed by atoms with Crippen LogP contribution >= 0.6 is 0 Å². The van der Waals surface area contributed by atoms with Gasteiger partial charge in [0.2, 0.25) is 5.91 Å². The maximum absolute atomic E-state index is 11.2. The molecule has 0 aliphatic heterocycles. The molecule has 0 unspecified atom stereocenters. The number of aryl methyl sites for hydroxylation is 1. The van der Waals surface area contributed by atoms with E-state index in [4.69, 9.17) is 10.8 Å². The largest absolute Gasteiger partial charge is 0.505 e. The molecule has 108 valence electrons.